The average molecular weight is 256 g/mol. The number of carbonyl (C=O) groups is 2. The van der Waals surface area contributed by atoms with Crippen molar-refractivity contribution < 1.29 is 19.1 Å². The van der Waals surface area contributed by atoms with Gasteiger partial charge in [0.15, 0.2) is 6.39 Å². The molecule has 0 bridgehead atoms. The molecule has 6 nitrogen and oxygen atoms in total. The molecule has 1 aliphatic heterocycles. The molecule has 92 valence electrons. The van der Waals surface area contributed by atoms with Gasteiger partial charge in [0.2, 0.25) is 5.76 Å². The number of nitrogens with zero attached hydrogens (tertiary/aromatic N) is 2. The van der Waals surface area contributed by atoms with Gasteiger partial charge < -0.3 is 14.4 Å². The van der Waals surface area contributed by atoms with Crippen molar-refractivity contribution in [3.05, 3.63) is 17.8 Å². The molecule has 1 atom stereocenters. The third kappa shape index (κ3) is 2.28. The molecule has 1 N–H and O–H groups in total. The first-order chi connectivity index (χ1) is 8.11. The smallest absolute Gasteiger partial charge is 0.327 e. The van der Waals surface area contributed by atoms with Gasteiger partial charge in [-0.25, -0.2) is 9.78 Å². The molecule has 0 saturated carbocycles. The predicted molar refractivity (Wildman–Crippen MR) is 61.0 cm³/mol. The molecule has 7 heteroatoms. The maximum atomic E-state index is 12.1. The molecular weight excluding hydrogens is 244 g/mol. The SMILES string of the molecule is Cc1ncoc1C(=O)N1CCSCC1C(=O)O. The zero-order valence-corrected chi connectivity index (χ0v) is 10.1. The molecular formula is C10H12N2O4S. The zero-order chi connectivity index (χ0) is 12.4. The van der Waals surface area contributed by atoms with Crippen LogP contribution in [0.4, 0.5) is 0 Å². The first-order valence-electron chi connectivity index (χ1n) is 5.13. The molecule has 1 aliphatic rings. The Morgan fingerprint density at radius 3 is 3.00 bits per heavy atom. The summed E-state index contributed by atoms with van der Waals surface area (Å²) in [6.07, 6.45) is 1.19. The molecule has 0 aromatic carbocycles. The van der Waals surface area contributed by atoms with Crippen LogP contribution in [0.1, 0.15) is 16.2 Å². The van der Waals surface area contributed by atoms with Gasteiger partial charge in [-0.2, -0.15) is 11.8 Å². The lowest BCUT2D eigenvalue weighted by Crippen LogP contribution is -2.50. The Hall–Kier alpha value is -1.50. The summed E-state index contributed by atoms with van der Waals surface area (Å²) in [6.45, 7) is 2.08. The number of carbonyl (C=O) groups excluding carboxylic acids is 1. The number of rotatable bonds is 2. The van der Waals surface area contributed by atoms with Crippen molar-refractivity contribution >= 4 is 23.6 Å². The second kappa shape index (κ2) is 4.79. The van der Waals surface area contributed by atoms with Crippen molar-refractivity contribution in [2.24, 2.45) is 0 Å². The summed E-state index contributed by atoms with van der Waals surface area (Å²) < 4.78 is 5.01. The molecule has 0 spiro atoms. The van der Waals surface area contributed by atoms with Crippen LogP contribution in [-0.2, 0) is 4.79 Å². The summed E-state index contributed by atoms with van der Waals surface area (Å²) in [5.41, 5.74) is 0.484. The Morgan fingerprint density at radius 1 is 1.65 bits per heavy atom. The number of aliphatic carboxylic acids is 1. The van der Waals surface area contributed by atoms with E-state index in [1.165, 1.54) is 23.1 Å². The molecule has 2 rings (SSSR count). The van der Waals surface area contributed by atoms with Gasteiger partial charge in [-0.15, -0.1) is 0 Å². The van der Waals surface area contributed by atoms with Gasteiger partial charge in [0.25, 0.3) is 5.91 Å². The number of amides is 1. The second-order valence-electron chi connectivity index (χ2n) is 3.69. The van der Waals surface area contributed by atoms with Crippen LogP contribution in [0.2, 0.25) is 0 Å². The van der Waals surface area contributed by atoms with E-state index in [4.69, 9.17) is 9.52 Å². The predicted octanol–water partition coefficient (Wildman–Crippen LogP) is 0.625. The Morgan fingerprint density at radius 2 is 2.41 bits per heavy atom. The largest absolute Gasteiger partial charge is 0.480 e. The molecule has 1 aromatic heterocycles. The normalized spacial score (nSPS) is 20.3. The molecule has 1 fully saturated rings. The van der Waals surface area contributed by atoms with E-state index in [1.54, 1.807) is 6.92 Å². The topological polar surface area (TPSA) is 83.6 Å². The maximum Gasteiger partial charge on any atom is 0.327 e. The Labute approximate surface area is 102 Å². The van der Waals surface area contributed by atoms with Crippen molar-refractivity contribution in [1.82, 2.24) is 9.88 Å². The monoisotopic (exact) mass is 256 g/mol. The van der Waals surface area contributed by atoms with Gasteiger partial charge in [-0.1, -0.05) is 0 Å². The number of carboxylic acid groups (broad SMARTS) is 1. The van der Waals surface area contributed by atoms with E-state index in [0.717, 1.165) is 5.75 Å². The quantitative estimate of drug-likeness (QED) is 0.835. The van der Waals surface area contributed by atoms with E-state index in [2.05, 4.69) is 4.98 Å². The molecule has 1 aromatic rings. The number of thioether (sulfide) groups is 1. The fourth-order valence-electron chi connectivity index (χ4n) is 1.69. The van der Waals surface area contributed by atoms with E-state index < -0.39 is 17.9 Å². The average Bonchev–Trinajstić information content (AvgIpc) is 2.74. The van der Waals surface area contributed by atoms with Gasteiger partial charge in [-0.3, -0.25) is 4.79 Å². The molecule has 0 aliphatic carbocycles. The van der Waals surface area contributed by atoms with E-state index in [9.17, 15) is 9.59 Å². The number of aryl methyl sites for hydroxylation is 1. The van der Waals surface area contributed by atoms with E-state index in [-0.39, 0.29) is 5.76 Å². The van der Waals surface area contributed by atoms with Crippen molar-refractivity contribution in [3.8, 4) is 0 Å². The first kappa shape index (κ1) is 12.0. The van der Waals surface area contributed by atoms with Gasteiger partial charge in [0.05, 0.1) is 5.69 Å². The summed E-state index contributed by atoms with van der Waals surface area (Å²) in [4.78, 5) is 28.4. The standard InChI is InChI=1S/C10H12N2O4S/c1-6-8(16-5-11-6)9(13)12-2-3-17-4-7(12)10(14)15/h5,7H,2-4H2,1H3,(H,14,15). The number of hydrogen-bond acceptors (Lipinski definition) is 5. The highest BCUT2D eigenvalue weighted by Crippen LogP contribution is 2.20. The van der Waals surface area contributed by atoms with Crippen LogP contribution in [0.25, 0.3) is 0 Å². The lowest BCUT2D eigenvalue weighted by molar-refractivity contribution is -0.141. The van der Waals surface area contributed by atoms with Gasteiger partial charge >= 0.3 is 5.97 Å². The van der Waals surface area contributed by atoms with E-state index in [1.807, 2.05) is 0 Å². The third-order valence-corrected chi connectivity index (χ3v) is 3.64. The van der Waals surface area contributed by atoms with Crippen molar-refractivity contribution in [3.63, 3.8) is 0 Å². The Bertz CT molecular complexity index is 445. The van der Waals surface area contributed by atoms with E-state index >= 15 is 0 Å². The highest BCUT2D eigenvalue weighted by atomic mass is 32.2. The van der Waals surface area contributed by atoms with Crippen LogP contribution in [0.5, 0.6) is 0 Å². The molecule has 1 unspecified atom stereocenters. The molecule has 17 heavy (non-hydrogen) atoms. The summed E-state index contributed by atoms with van der Waals surface area (Å²) in [5.74, 6) is -0.102. The number of aromatic nitrogens is 1. The van der Waals surface area contributed by atoms with Crippen LogP contribution in [-0.4, -0.2) is 51.0 Å². The molecule has 2 heterocycles. The Kier molecular flexibility index (Phi) is 3.37. The van der Waals surface area contributed by atoms with Crippen molar-refractivity contribution in [2.45, 2.75) is 13.0 Å². The summed E-state index contributed by atoms with van der Waals surface area (Å²) in [7, 11) is 0. The summed E-state index contributed by atoms with van der Waals surface area (Å²) in [5, 5.41) is 9.07. The number of carboxylic acids is 1. The zero-order valence-electron chi connectivity index (χ0n) is 9.25. The molecule has 1 saturated heterocycles. The highest BCUT2D eigenvalue weighted by Gasteiger charge is 2.34. The fraction of sp³-hybridized carbons (Fsp3) is 0.500. The molecule has 1 amide bonds. The fourth-order valence-corrected chi connectivity index (χ4v) is 2.73. The Balaban J connectivity index is 2.23. The summed E-state index contributed by atoms with van der Waals surface area (Å²) >= 11 is 1.53. The van der Waals surface area contributed by atoms with Gasteiger partial charge in [0.1, 0.15) is 6.04 Å². The number of hydrogen-bond donors (Lipinski definition) is 1. The minimum atomic E-state index is -0.984. The third-order valence-electron chi connectivity index (χ3n) is 2.61. The van der Waals surface area contributed by atoms with Crippen LogP contribution >= 0.6 is 11.8 Å². The van der Waals surface area contributed by atoms with Crippen molar-refractivity contribution in [2.75, 3.05) is 18.1 Å². The van der Waals surface area contributed by atoms with Crippen LogP contribution in [0, 0.1) is 6.92 Å². The minimum absolute atomic E-state index is 0.128. The second-order valence-corrected chi connectivity index (χ2v) is 4.84. The van der Waals surface area contributed by atoms with Crippen LogP contribution < -0.4 is 0 Å². The van der Waals surface area contributed by atoms with Gasteiger partial charge in [0, 0.05) is 18.1 Å². The number of oxazole rings is 1. The van der Waals surface area contributed by atoms with Crippen molar-refractivity contribution in [1.29, 1.82) is 0 Å². The van der Waals surface area contributed by atoms with Gasteiger partial charge in [-0.05, 0) is 6.92 Å². The highest BCUT2D eigenvalue weighted by molar-refractivity contribution is 7.99. The first-order valence-corrected chi connectivity index (χ1v) is 6.28. The maximum absolute atomic E-state index is 12.1. The minimum Gasteiger partial charge on any atom is -0.480 e. The lowest BCUT2D eigenvalue weighted by atomic mass is 10.2. The lowest BCUT2D eigenvalue weighted by Gasteiger charge is -2.31. The molecule has 0 radical (unpaired) electrons. The summed E-state index contributed by atoms with van der Waals surface area (Å²) in [6, 6.07) is -0.786. The van der Waals surface area contributed by atoms with E-state index in [0.29, 0.717) is 18.0 Å². The van der Waals surface area contributed by atoms with Crippen LogP contribution in [0.15, 0.2) is 10.8 Å². The van der Waals surface area contributed by atoms with Crippen LogP contribution in [0.3, 0.4) is 0 Å².